The Labute approximate surface area is 204 Å². The number of benzene rings is 2. The van der Waals surface area contributed by atoms with Gasteiger partial charge in [-0.3, -0.25) is 9.89 Å². The highest BCUT2D eigenvalue weighted by molar-refractivity contribution is 6.38. The minimum absolute atomic E-state index is 0.224. The summed E-state index contributed by atoms with van der Waals surface area (Å²) in [6.45, 7) is 6.80. The fraction of sp³-hybridized carbons (Fsp3) is 0.500. The minimum Gasteiger partial charge on any atom is -0.376 e. The summed E-state index contributed by atoms with van der Waals surface area (Å²) >= 11 is 0. The van der Waals surface area contributed by atoms with E-state index in [0.29, 0.717) is 12.6 Å². The number of nitrogens with zero attached hydrogens (tertiary/aromatic N) is 4. The number of aryl methyl sites for hydroxylation is 1. The van der Waals surface area contributed by atoms with Gasteiger partial charge < -0.3 is 15.5 Å². The van der Waals surface area contributed by atoms with Gasteiger partial charge in [-0.05, 0) is 69.3 Å². The third-order valence-electron chi connectivity index (χ3n) is 7.15. The lowest BCUT2D eigenvalue weighted by Gasteiger charge is -2.38. The number of hydrazone groups is 1. The van der Waals surface area contributed by atoms with Crippen LogP contribution in [0.25, 0.3) is 0 Å². The Morgan fingerprint density at radius 3 is 2.59 bits per heavy atom. The number of ether oxygens (including phenoxy) is 1. The highest BCUT2D eigenvalue weighted by atomic mass is 16.5. The lowest BCUT2D eigenvalue weighted by molar-refractivity contribution is 0.0226. The largest absolute Gasteiger partial charge is 0.376 e. The molecule has 2 fully saturated rings. The number of rotatable bonds is 8. The predicted molar refractivity (Wildman–Crippen MR) is 142 cm³/mol. The number of nitrogens with two attached hydrogens (primary N) is 1. The summed E-state index contributed by atoms with van der Waals surface area (Å²) in [4.78, 5) is 9.57. The normalized spacial score (nSPS) is 20.4. The Balaban J connectivity index is 1.32. The van der Waals surface area contributed by atoms with Crippen molar-refractivity contribution >= 4 is 17.6 Å². The summed E-state index contributed by atoms with van der Waals surface area (Å²) in [5.41, 5.74) is 5.59. The SMILES string of the molecule is Cc1cc(N2CCC(N(C)Cc3ccccc3)CC2)ccc1/C(C=NCC1CCCCO1)=N/N. The molecule has 4 rings (SSSR count). The van der Waals surface area contributed by atoms with Gasteiger partial charge in [-0.15, -0.1) is 0 Å². The maximum absolute atomic E-state index is 5.76. The third-order valence-corrected chi connectivity index (χ3v) is 7.15. The molecule has 182 valence electrons. The molecule has 2 heterocycles. The molecule has 0 aliphatic carbocycles. The molecule has 0 spiro atoms. The molecule has 2 aliphatic heterocycles. The maximum atomic E-state index is 5.76. The van der Waals surface area contributed by atoms with E-state index in [9.17, 15) is 0 Å². The van der Waals surface area contributed by atoms with Crippen LogP contribution < -0.4 is 10.7 Å². The summed E-state index contributed by atoms with van der Waals surface area (Å²) < 4.78 is 5.76. The van der Waals surface area contributed by atoms with Crippen LogP contribution in [-0.4, -0.2) is 62.3 Å². The summed E-state index contributed by atoms with van der Waals surface area (Å²) in [6.07, 6.45) is 7.84. The Bertz CT molecular complexity index is 960. The second kappa shape index (κ2) is 12.1. The van der Waals surface area contributed by atoms with Crippen molar-refractivity contribution in [1.82, 2.24) is 4.90 Å². The van der Waals surface area contributed by atoms with Crippen LogP contribution >= 0.6 is 0 Å². The molecule has 0 amide bonds. The van der Waals surface area contributed by atoms with Crippen LogP contribution in [-0.2, 0) is 11.3 Å². The molecule has 6 heteroatoms. The van der Waals surface area contributed by atoms with E-state index in [1.165, 1.54) is 36.1 Å². The molecule has 1 atom stereocenters. The average Bonchev–Trinajstić information content (AvgIpc) is 2.88. The van der Waals surface area contributed by atoms with Crippen molar-refractivity contribution in [3.05, 3.63) is 65.2 Å². The van der Waals surface area contributed by atoms with Crippen molar-refractivity contribution in [2.24, 2.45) is 15.9 Å². The van der Waals surface area contributed by atoms with Crippen LogP contribution in [0.1, 0.15) is 48.8 Å². The molecule has 6 nitrogen and oxygen atoms in total. The molecule has 2 saturated heterocycles. The molecule has 2 N–H and O–H groups in total. The zero-order valence-corrected chi connectivity index (χ0v) is 20.7. The second-order valence-corrected chi connectivity index (χ2v) is 9.62. The highest BCUT2D eigenvalue weighted by Gasteiger charge is 2.23. The Morgan fingerprint density at radius 1 is 1.12 bits per heavy atom. The van der Waals surface area contributed by atoms with E-state index in [1.54, 1.807) is 6.21 Å². The van der Waals surface area contributed by atoms with Crippen LogP contribution in [0.3, 0.4) is 0 Å². The summed E-state index contributed by atoms with van der Waals surface area (Å²) in [6, 6.07) is 17.9. The Kier molecular flexibility index (Phi) is 8.72. The summed E-state index contributed by atoms with van der Waals surface area (Å²) in [7, 11) is 2.25. The molecule has 2 aliphatic rings. The molecule has 2 aromatic carbocycles. The van der Waals surface area contributed by atoms with Gasteiger partial charge >= 0.3 is 0 Å². The first-order chi connectivity index (χ1) is 16.6. The molecule has 0 radical (unpaired) electrons. The monoisotopic (exact) mass is 461 g/mol. The quantitative estimate of drug-likeness (QED) is 0.360. The number of hydrogen-bond acceptors (Lipinski definition) is 6. The van der Waals surface area contributed by atoms with Gasteiger partial charge in [0, 0.05) is 49.7 Å². The van der Waals surface area contributed by atoms with Gasteiger partial charge in [-0.1, -0.05) is 36.4 Å². The molecule has 0 saturated carbocycles. The number of aliphatic imine (C=N–C) groups is 1. The Morgan fingerprint density at radius 2 is 1.91 bits per heavy atom. The number of piperidine rings is 1. The molecule has 1 unspecified atom stereocenters. The second-order valence-electron chi connectivity index (χ2n) is 9.62. The van der Waals surface area contributed by atoms with Gasteiger partial charge in [0.1, 0.15) is 5.71 Å². The molecule has 0 aromatic heterocycles. The fourth-order valence-corrected chi connectivity index (χ4v) is 5.08. The first-order valence-electron chi connectivity index (χ1n) is 12.6. The molecule has 34 heavy (non-hydrogen) atoms. The van der Waals surface area contributed by atoms with Gasteiger partial charge in [-0.2, -0.15) is 5.10 Å². The topological polar surface area (TPSA) is 66.5 Å². The first kappa shape index (κ1) is 24.4. The Hall–Kier alpha value is -2.70. The molecular weight excluding hydrogens is 422 g/mol. The van der Waals surface area contributed by atoms with E-state index >= 15 is 0 Å². The lowest BCUT2D eigenvalue weighted by Crippen LogP contribution is -2.43. The van der Waals surface area contributed by atoms with Gasteiger partial charge in [-0.25, -0.2) is 0 Å². The van der Waals surface area contributed by atoms with Gasteiger partial charge in [0.15, 0.2) is 0 Å². The smallest absolute Gasteiger partial charge is 0.108 e. The van der Waals surface area contributed by atoms with Gasteiger partial charge in [0.2, 0.25) is 0 Å². The molecule has 2 aromatic rings. The van der Waals surface area contributed by atoms with E-state index in [1.807, 2.05) is 0 Å². The van der Waals surface area contributed by atoms with Gasteiger partial charge in [0.25, 0.3) is 0 Å². The lowest BCUT2D eigenvalue weighted by atomic mass is 10.00. The minimum atomic E-state index is 0.224. The number of anilines is 1. The van der Waals surface area contributed by atoms with Crippen molar-refractivity contribution in [2.45, 2.75) is 57.7 Å². The average molecular weight is 462 g/mol. The molecule has 0 bridgehead atoms. The number of hydrogen-bond donors (Lipinski definition) is 1. The predicted octanol–water partition coefficient (Wildman–Crippen LogP) is 4.40. The van der Waals surface area contributed by atoms with Crippen LogP contribution in [0.4, 0.5) is 5.69 Å². The van der Waals surface area contributed by atoms with Crippen molar-refractivity contribution in [1.29, 1.82) is 0 Å². The van der Waals surface area contributed by atoms with E-state index < -0.39 is 0 Å². The van der Waals surface area contributed by atoms with E-state index in [2.05, 4.69) is 82.4 Å². The van der Waals surface area contributed by atoms with Crippen molar-refractivity contribution in [2.75, 3.05) is 38.2 Å². The standard InChI is InChI=1S/C28H39N5O/c1-22-18-25(11-12-27(22)28(31-29)20-30-19-26-10-6-7-17-34-26)33-15-13-24(14-16-33)32(2)21-23-8-4-3-5-9-23/h3-5,8-9,11-12,18,20,24,26H,6-7,10,13-17,19,21,29H2,1-2H3/b30-20?,31-28+. The highest BCUT2D eigenvalue weighted by Crippen LogP contribution is 2.25. The van der Waals surface area contributed by atoms with Crippen molar-refractivity contribution in [3.8, 4) is 0 Å². The van der Waals surface area contributed by atoms with E-state index in [4.69, 9.17) is 10.6 Å². The first-order valence-corrected chi connectivity index (χ1v) is 12.6. The van der Waals surface area contributed by atoms with Crippen LogP contribution in [0.15, 0.2) is 58.6 Å². The third kappa shape index (κ3) is 6.45. The maximum Gasteiger partial charge on any atom is 0.108 e. The van der Waals surface area contributed by atoms with E-state index in [-0.39, 0.29) is 6.10 Å². The van der Waals surface area contributed by atoms with Crippen molar-refractivity contribution < 1.29 is 4.74 Å². The van der Waals surface area contributed by atoms with Crippen LogP contribution in [0, 0.1) is 6.92 Å². The zero-order valence-electron chi connectivity index (χ0n) is 20.7. The molecular formula is C28H39N5O. The van der Waals surface area contributed by atoms with E-state index in [0.717, 1.165) is 50.4 Å². The van der Waals surface area contributed by atoms with Crippen LogP contribution in [0.2, 0.25) is 0 Å². The van der Waals surface area contributed by atoms with Crippen molar-refractivity contribution in [3.63, 3.8) is 0 Å². The summed E-state index contributed by atoms with van der Waals surface area (Å²) in [5, 5.41) is 4.02. The summed E-state index contributed by atoms with van der Waals surface area (Å²) in [5.74, 6) is 5.72. The van der Waals surface area contributed by atoms with Gasteiger partial charge in [0.05, 0.1) is 12.6 Å². The fourth-order valence-electron chi connectivity index (χ4n) is 5.08. The zero-order chi connectivity index (χ0) is 23.8. The van der Waals surface area contributed by atoms with Crippen LogP contribution in [0.5, 0.6) is 0 Å².